The number of rotatable bonds is 38. The second-order valence-electron chi connectivity index (χ2n) is 15.7. The van der Waals surface area contributed by atoms with Crippen LogP contribution in [0.25, 0.3) is 0 Å². The number of amides is 1. The van der Waals surface area contributed by atoms with Gasteiger partial charge in [-0.3, -0.25) is 13.8 Å². The summed E-state index contributed by atoms with van der Waals surface area (Å²) in [6.07, 6.45) is 52.3. The van der Waals surface area contributed by atoms with Crippen molar-refractivity contribution in [2.75, 3.05) is 40.9 Å². The quantitative estimate of drug-likeness (QED) is 0.0248. The van der Waals surface area contributed by atoms with E-state index in [1.165, 1.54) is 51.4 Å². The number of nitrogens with one attached hydrogen (secondary N) is 1. The molecule has 56 heavy (non-hydrogen) atoms. The Balaban J connectivity index is 4.40. The molecule has 322 valence electrons. The number of nitrogens with zero attached hydrogens (tertiary/aromatic N) is 1. The predicted molar refractivity (Wildman–Crippen MR) is 239 cm³/mol. The van der Waals surface area contributed by atoms with Crippen LogP contribution in [0.3, 0.4) is 0 Å². The van der Waals surface area contributed by atoms with Crippen molar-refractivity contribution in [1.82, 2.24) is 5.32 Å². The lowest BCUT2D eigenvalue weighted by molar-refractivity contribution is -0.870. The summed E-state index contributed by atoms with van der Waals surface area (Å²) in [6.45, 7) is 4.61. The fourth-order valence-electron chi connectivity index (χ4n) is 5.61. The molecule has 0 spiro atoms. The van der Waals surface area contributed by atoms with Gasteiger partial charge in [0.1, 0.15) is 13.2 Å². The fraction of sp³-hybridized carbons (Fsp3) is 0.681. The lowest BCUT2D eigenvalue weighted by Crippen LogP contribution is -2.45. The number of hydrogen-bond acceptors (Lipinski definition) is 5. The van der Waals surface area contributed by atoms with E-state index in [9.17, 15) is 19.4 Å². The Labute approximate surface area is 344 Å². The molecule has 8 nitrogen and oxygen atoms in total. The first-order valence-corrected chi connectivity index (χ1v) is 23.5. The van der Waals surface area contributed by atoms with Crippen LogP contribution in [-0.2, 0) is 18.4 Å². The summed E-state index contributed by atoms with van der Waals surface area (Å²) in [6, 6.07) is -0.872. The van der Waals surface area contributed by atoms with Crippen LogP contribution in [0, 0.1) is 0 Å². The lowest BCUT2D eigenvalue weighted by atomic mass is 10.1. The van der Waals surface area contributed by atoms with Crippen molar-refractivity contribution in [1.29, 1.82) is 0 Å². The number of aliphatic hydroxyl groups is 1. The number of likely N-dealkylation sites (N-methyl/N-ethyl adjacent to an activating group) is 1. The molecule has 0 aliphatic carbocycles. The average Bonchev–Trinajstić information content (AvgIpc) is 3.15. The second kappa shape index (κ2) is 38.2. The molecule has 1 amide bonds. The normalized spacial score (nSPS) is 15.2. The third-order valence-electron chi connectivity index (χ3n) is 9.10. The third kappa shape index (κ3) is 39.9. The minimum absolute atomic E-state index is 0.0489. The molecular formula is C47H84N2O6P+. The number of phosphoric acid groups is 1. The highest BCUT2D eigenvalue weighted by Crippen LogP contribution is 2.43. The fourth-order valence-corrected chi connectivity index (χ4v) is 6.35. The van der Waals surface area contributed by atoms with Gasteiger partial charge in [0.05, 0.1) is 39.9 Å². The van der Waals surface area contributed by atoms with E-state index < -0.39 is 20.0 Å². The Hall–Kier alpha value is -2.32. The maximum absolute atomic E-state index is 12.8. The molecular weight excluding hydrogens is 719 g/mol. The van der Waals surface area contributed by atoms with Gasteiger partial charge >= 0.3 is 7.82 Å². The van der Waals surface area contributed by atoms with E-state index >= 15 is 0 Å². The zero-order valence-corrected chi connectivity index (χ0v) is 37.2. The van der Waals surface area contributed by atoms with Crippen LogP contribution < -0.4 is 5.32 Å². The van der Waals surface area contributed by atoms with Gasteiger partial charge in [0, 0.05) is 6.42 Å². The number of carbonyl (C=O) groups excluding carboxylic acids is 1. The molecule has 3 N–H and O–H groups in total. The Morgan fingerprint density at radius 2 is 1.09 bits per heavy atom. The van der Waals surface area contributed by atoms with Crippen LogP contribution in [0.15, 0.2) is 85.1 Å². The van der Waals surface area contributed by atoms with Crippen LogP contribution in [0.2, 0.25) is 0 Å². The van der Waals surface area contributed by atoms with E-state index in [-0.39, 0.29) is 19.1 Å². The highest BCUT2D eigenvalue weighted by molar-refractivity contribution is 7.47. The summed E-state index contributed by atoms with van der Waals surface area (Å²) in [5, 5.41) is 13.7. The summed E-state index contributed by atoms with van der Waals surface area (Å²) in [4.78, 5) is 23.1. The van der Waals surface area contributed by atoms with E-state index in [0.29, 0.717) is 17.4 Å². The number of hydrogen-bond donors (Lipinski definition) is 3. The first kappa shape index (κ1) is 53.7. The van der Waals surface area contributed by atoms with Gasteiger partial charge in [0.25, 0.3) is 0 Å². The van der Waals surface area contributed by atoms with E-state index in [1.54, 1.807) is 6.08 Å². The van der Waals surface area contributed by atoms with Gasteiger partial charge in [-0.15, -0.1) is 0 Å². The van der Waals surface area contributed by atoms with Crippen molar-refractivity contribution in [2.24, 2.45) is 0 Å². The first-order chi connectivity index (χ1) is 27.0. The average molecular weight is 804 g/mol. The van der Waals surface area contributed by atoms with Gasteiger partial charge in [-0.2, -0.15) is 0 Å². The Morgan fingerprint density at radius 1 is 0.625 bits per heavy atom. The van der Waals surface area contributed by atoms with Gasteiger partial charge < -0.3 is 19.8 Å². The van der Waals surface area contributed by atoms with Crippen molar-refractivity contribution < 1.29 is 32.9 Å². The number of allylic oxidation sites excluding steroid dienone is 13. The molecule has 9 heteroatoms. The summed E-state index contributed by atoms with van der Waals surface area (Å²) < 4.78 is 23.5. The number of carbonyl (C=O) groups is 1. The third-order valence-corrected chi connectivity index (χ3v) is 10.1. The zero-order valence-electron chi connectivity index (χ0n) is 36.3. The van der Waals surface area contributed by atoms with Gasteiger partial charge in [0.15, 0.2) is 0 Å². The van der Waals surface area contributed by atoms with Crippen LogP contribution >= 0.6 is 7.82 Å². The summed E-state index contributed by atoms with van der Waals surface area (Å²) in [7, 11) is 1.53. The Bertz CT molecular complexity index is 1180. The molecule has 0 radical (unpaired) electrons. The number of unbranched alkanes of at least 4 members (excludes halogenated alkanes) is 13. The predicted octanol–water partition coefficient (Wildman–Crippen LogP) is 12.2. The molecule has 0 aliphatic heterocycles. The summed E-state index contributed by atoms with van der Waals surface area (Å²) in [5.41, 5.74) is 0. The molecule has 0 heterocycles. The van der Waals surface area contributed by atoms with E-state index in [2.05, 4.69) is 92.1 Å². The molecule has 3 atom stereocenters. The van der Waals surface area contributed by atoms with Gasteiger partial charge in [0.2, 0.25) is 5.91 Å². The molecule has 0 aromatic rings. The second-order valence-corrected chi connectivity index (χ2v) is 17.1. The highest BCUT2D eigenvalue weighted by atomic mass is 31.2. The van der Waals surface area contributed by atoms with E-state index in [1.807, 2.05) is 27.2 Å². The monoisotopic (exact) mass is 804 g/mol. The summed E-state index contributed by atoms with van der Waals surface area (Å²) >= 11 is 0. The molecule has 0 saturated carbocycles. The molecule has 0 fully saturated rings. The van der Waals surface area contributed by atoms with Crippen molar-refractivity contribution in [3.63, 3.8) is 0 Å². The summed E-state index contributed by atoms with van der Waals surface area (Å²) in [5.74, 6) is -0.205. The molecule has 0 aliphatic rings. The van der Waals surface area contributed by atoms with E-state index in [4.69, 9.17) is 9.05 Å². The molecule has 0 saturated heterocycles. The van der Waals surface area contributed by atoms with Crippen molar-refractivity contribution in [3.05, 3.63) is 85.1 Å². The Kier molecular flexibility index (Phi) is 36.6. The first-order valence-electron chi connectivity index (χ1n) is 22.0. The van der Waals surface area contributed by atoms with Gasteiger partial charge in [-0.05, 0) is 77.0 Å². The highest BCUT2D eigenvalue weighted by Gasteiger charge is 2.27. The SMILES string of the molecule is CC/C=C\C/C=C\C/C=C\C/C=C\C/C=C\CCCCCCCCCC(=O)NC(COP(=O)(O)OCC[N+](C)(C)C)C(O)/C=C/CC/C=C/CCCCCCC. The van der Waals surface area contributed by atoms with E-state index in [0.717, 1.165) is 83.5 Å². The van der Waals surface area contributed by atoms with Crippen molar-refractivity contribution in [3.8, 4) is 0 Å². The van der Waals surface area contributed by atoms with Crippen LogP contribution in [0.1, 0.15) is 155 Å². The molecule has 0 rings (SSSR count). The molecule has 0 aromatic carbocycles. The molecule has 3 unspecified atom stereocenters. The lowest BCUT2D eigenvalue weighted by Gasteiger charge is -2.25. The van der Waals surface area contributed by atoms with Crippen LogP contribution in [0.4, 0.5) is 0 Å². The smallest absolute Gasteiger partial charge is 0.387 e. The number of phosphoric ester groups is 1. The maximum atomic E-state index is 12.8. The van der Waals surface area contributed by atoms with Gasteiger partial charge in [-0.25, -0.2) is 4.57 Å². The van der Waals surface area contributed by atoms with Crippen LogP contribution in [-0.4, -0.2) is 73.4 Å². The number of aliphatic hydroxyl groups excluding tert-OH is 1. The Morgan fingerprint density at radius 3 is 1.64 bits per heavy atom. The zero-order chi connectivity index (χ0) is 41.4. The number of quaternary nitrogens is 1. The van der Waals surface area contributed by atoms with Crippen molar-refractivity contribution >= 4 is 13.7 Å². The largest absolute Gasteiger partial charge is 0.472 e. The molecule has 0 aromatic heterocycles. The van der Waals surface area contributed by atoms with Gasteiger partial charge in [-0.1, -0.05) is 157 Å². The minimum Gasteiger partial charge on any atom is -0.387 e. The maximum Gasteiger partial charge on any atom is 0.472 e. The molecule has 0 bridgehead atoms. The minimum atomic E-state index is -4.35. The van der Waals surface area contributed by atoms with Crippen LogP contribution in [0.5, 0.6) is 0 Å². The standard InChI is InChI=1S/C47H83N2O6P/c1-6-8-10-12-14-16-18-19-20-21-22-23-24-25-26-27-28-29-31-33-35-37-39-41-47(51)48-45(44-55-56(52,53)54-43-42-49(3,4)5)46(50)40-38-36-34-32-30-17-15-13-11-9-7-2/h8,10,14,16,19-20,22-23,25-26,30,32,38,40,45-46,50H,6-7,9,11-13,15,17-18,21,24,27-29,31,33-37,39,41-44H2,1-5H3,(H-,48,51,52,53)/p+1/b10-8-,16-14-,20-19-,23-22-,26-25-,32-30+,40-38+. The topological polar surface area (TPSA) is 105 Å². The van der Waals surface area contributed by atoms with Crippen molar-refractivity contribution in [2.45, 2.75) is 167 Å².